The highest BCUT2D eigenvalue weighted by atomic mass is 16.2. The minimum Gasteiger partial charge on any atom is -0.274 e. The first kappa shape index (κ1) is 27.0. The highest BCUT2D eigenvalue weighted by Gasteiger charge is 2.73. The highest BCUT2D eigenvalue weighted by Crippen LogP contribution is 2.63. The molecule has 0 radical (unpaired) electrons. The van der Waals surface area contributed by atoms with Gasteiger partial charge in [0.05, 0.1) is 34.5 Å². The molecule has 4 aromatic carbocycles. The normalized spacial score (nSPS) is 24.3. The number of imide groups is 2. The third kappa shape index (κ3) is 3.86. The second-order valence-electron chi connectivity index (χ2n) is 12.4. The first-order valence-corrected chi connectivity index (χ1v) is 14.7. The van der Waals surface area contributed by atoms with Crippen molar-refractivity contribution < 1.29 is 19.2 Å². The van der Waals surface area contributed by atoms with Gasteiger partial charge in [-0.05, 0) is 75.1 Å². The molecule has 1 aliphatic carbocycles. The number of rotatable bonds is 4. The Morgan fingerprint density at radius 3 is 1.65 bits per heavy atom. The van der Waals surface area contributed by atoms with Gasteiger partial charge in [0.15, 0.2) is 0 Å². The Morgan fingerprint density at radius 2 is 1.07 bits per heavy atom. The van der Waals surface area contributed by atoms with Gasteiger partial charge in [-0.25, -0.2) is 9.80 Å². The van der Waals surface area contributed by atoms with Crippen molar-refractivity contribution in [3.05, 3.63) is 130 Å². The molecule has 0 saturated carbocycles. The minimum absolute atomic E-state index is 0.153. The fraction of sp³-hybridized carbons (Fsp3) is 0.243. The molecular weight excluding hydrogens is 536 g/mol. The molecule has 2 heterocycles. The van der Waals surface area contributed by atoms with Gasteiger partial charge < -0.3 is 0 Å². The summed E-state index contributed by atoms with van der Waals surface area (Å²) in [5, 5.41) is 0. The molecule has 2 fully saturated rings. The van der Waals surface area contributed by atoms with Crippen LogP contribution in [0.5, 0.6) is 0 Å². The molecule has 2 aliphatic heterocycles. The standard InChI is InChI=1S/C37H32N2O4/c1-21-5-12-25(13-6-21)20-37-31(34(41)39(36(37)43)27-16-9-23(3)10-17-27)29-19-24(4)11-18-28(29)30-32(37)35(42)38(33(30)40)26-14-7-22(2)8-15-26/h5-19,30-32H,20H2,1-4H3/t30-,31-,32-,37-/m1/s1. The van der Waals surface area contributed by atoms with Crippen molar-refractivity contribution in [3.63, 3.8) is 0 Å². The van der Waals surface area contributed by atoms with Crippen molar-refractivity contribution in [3.8, 4) is 0 Å². The van der Waals surface area contributed by atoms with Crippen molar-refractivity contribution in [2.75, 3.05) is 9.80 Å². The molecule has 0 N–H and O–H groups in total. The van der Waals surface area contributed by atoms with Crippen LogP contribution >= 0.6 is 0 Å². The fourth-order valence-corrected chi connectivity index (χ4v) is 7.45. The Balaban J connectivity index is 1.50. The topological polar surface area (TPSA) is 74.8 Å². The largest absolute Gasteiger partial charge is 0.274 e. The first-order chi connectivity index (χ1) is 20.6. The molecule has 4 aromatic rings. The lowest BCUT2D eigenvalue weighted by molar-refractivity contribution is -0.138. The first-order valence-electron chi connectivity index (χ1n) is 14.7. The zero-order valence-electron chi connectivity index (χ0n) is 24.6. The molecular formula is C37H32N2O4. The monoisotopic (exact) mass is 568 g/mol. The van der Waals surface area contributed by atoms with Crippen molar-refractivity contribution in [2.24, 2.45) is 11.3 Å². The molecule has 0 bridgehead atoms. The van der Waals surface area contributed by atoms with E-state index in [1.807, 2.05) is 94.4 Å². The minimum atomic E-state index is -1.49. The number of hydrogen-bond donors (Lipinski definition) is 0. The number of anilines is 2. The number of amides is 4. The lowest BCUT2D eigenvalue weighted by atomic mass is 9.54. The highest BCUT2D eigenvalue weighted by molar-refractivity contribution is 6.31. The van der Waals surface area contributed by atoms with Gasteiger partial charge in [0, 0.05) is 0 Å². The lowest BCUT2D eigenvalue weighted by Crippen LogP contribution is -2.51. The van der Waals surface area contributed by atoms with E-state index >= 15 is 4.79 Å². The zero-order chi connectivity index (χ0) is 30.2. The van der Waals surface area contributed by atoms with Crippen LogP contribution in [0, 0.1) is 39.0 Å². The molecule has 0 aromatic heterocycles. The van der Waals surface area contributed by atoms with Crippen molar-refractivity contribution in [1.82, 2.24) is 0 Å². The molecule has 4 amide bonds. The number of carbonyl (C=O) groups excluding carboxylic acids is 4. The maximum atomic E-state index is 15.0. The van der Waals surface area contributed by atoms with E-state index in [4.69, 9.17) is 0 Å². The van der Waals surface area contributed by atoms with E-state index in [0.29, 0.717) is 22.5 Å². The van der Waals surface area contributed by atoms with Crippen LogP contribution in [0.2, 0.25) is 0 Å². The quantitative estimate of drug-likeness (QED) is 0.279. The van der Waals surface area contributed by atoms with Gasteiger partial charge in [-0.3, -0.25) is 19.2 Å². The number of aryl methyl sites for hydroxylation is 4. The second-order valence-corrected chi connectivity index (χ2v) is 12.4. The Morgan fingerprint density at radius 1 is 0.558 bits per heavy atom. The third-order valence-electron chi connectivity index (χ3n) is 9.53. The average molecular weight is 569 g/mol. The predicted octanol–water partition coefficient (Wildman–Crippen LogP) is 6.09. The van der Waals surface area contributed by atoms with Gasteiger partial charge in [0.2, 0.25) is 23.6 Å². The second kappa shape index (κ2) is 9.60. The van der Waals surface area contributed by atoms with Gasteiger partial charge in [-0.1, -0.05) is 89.0 Å². The Kier molecular flexibility index (Phi) is 6.03. The van der Waals surface area contributed by atoms with Crippen LogP contribution in [0.15, 0.2) is 91.0 Å². The van der Waals surface area contributed by atoms with E-state index in [9.17, 15) is 14.4 Å². The molecule has 6 heteroatoms. The molecule has 43 heavy (non-hydrogen) atoms. The van der Waals surface area contributed by atoms with Gasteiger partial charge >= 0.3 is 0 Å². The van der Waals surface area contributed by atoms with E-state index in [1.165, 1.54) is 9.80 Å². The van der Waals surface area contributed by atoms with Crippen LogP contribution in [0.1, 0.15) is 50.8 Å². The maximum absolute atomic E-state index is 15.0. The van der Waals surface area contributed by atoms with E-state index in [2.05, 4.69) is 0 Å². The molecule has 214 valence electrons. The average Bonchev–Trinajstić information content (AvgIpc) is 3.38. The number of fused-ring (bicyclic) bond motifs is 6. The summed E-state index contributed by atoms with van der Waals surface area (Å²) in [6, 6.07) is 28.1. The summed E-state index contributed by atoms with van der Waals surface area (Å²) in [5.74, 6) is -4.45. The van der Waals surface area contributed by atoms with E-state index in [-0.39, 0.29) is 18.2 Å². The molecule has 2 saturated heterocycles. The van der Waals surface area contributed by atoms with E-state index < -0.39 is 35.0 Å². The summed E-state index contributed by atoms with van der Waals surface area (Å²) in [6.07, 6.45) is 0.153. The number of carbonyl (C=O) groups is 4. The summed E-state index contributed by atoms with van der Waals surface area (Å²) in [5.41, 5.74) is 5.59. The van der Waals surface area contributed by atoms with E-state index in [0.717, 1.165) is 27.8 Å². The summed E-state index contributed by atoms with van der Waals surface area (Å²) >= 11 is 0. The SMILES string of the molecule is Cc1ccc(C[C@@]23C(=O)N(c4ccc(C)cc4)C(=O)[C@H]2c2cc(C)ccc2[C@H]2C(=O)N(c4ccc(C)cc4)C(=O)[C@@H]23)cc1. The molecule has 7 rings (SSSR count). The Bertz CT molecular complexity index is 1820. The molecule has 4 atom stereocenters. The Labute approximate surface area is 250 Å². The van der Waals surface area contributed by atoms with Crippen molar-refractivity contribution in [1.29, 1.82) is 0 Å². The molecule has 3 aliphatic rings. The zero-order valence-corrected chi connectivity index (χ0v) is 24.6. The van der Waals surface area contributed by atoms with Crippen LogP contribution in [0.4, 0.5) is 11.4 Å². The lowest BCUT2D eigenvalue weighted by Gasteiger charge is -2.43. The fourth-order valence-electron chi connectivity index (χ4n) is 7.45. The number of benzene rings is 4. The maximum Gasteiger partial charge on any atom is 0.242 e. The predicted molar refractivity (Wildman–Crippen MR) is 165 cm³/mol. The molecule has 6 nitrogen and oxygen atoms in total. The van der Waals surface area contributed by atoms with Gasteiger partial charge in [0.1, 0.15) is 0 Å². The molecule has 0 spiro atoms. The molecule has 0 unspecified atom stereocenters. The van der Waals surface area contributed by atoms with Gasteiger partial charge in [0.25, 0.3) is 0 Å². The van der Waals surface area contributed by atoms with Crippen molar-refractivity contribution in [2.45, 2.75) is 46.0 Å². The summed E-state index contributed by atoms with van der Waals surface area (Å²) in [7, 11) is 0. The summed E-state index contributed by atoms with van der Waals surface area (Å²) in [4.78, 5) is 61.2. The van der Waals surface area contributed by atoms with E-state index in [1.54, 1.807) is 24.3 Å². The summed E-state index contributed by atoms with van der Waals surface area (Å²) < 4.78 is 0. The number of nitrogens with zero attached hydrogens (tertiary/aromatic N) is 2. The van der Waals surface area contributed by atoms with Crippen LogP contribution in [0.3, 0.4) is 0 Å². The van der Waals surface area contributed by atoms with Crippen molar-refractivity contribution >= 4 is 35.0 Å². The number of hydrogen-bond acceptors (Lipinski definition) is 4. The Hall–Kier alpha value is -4.84. The van der Waals surface area contributed by atoms with Gasteiger partial charge in [-0.15, -0.1) is 0 Å². The third-order valence-corrected chi connectivity index (χ3v) is 9.53. The smallest absolute Gasteiger partial charge is 0.242 e. The van der Waals surface area contributed by atoms with Crippen LogP contribution in [-0.2, 0) is 25.6 Å². The summed E-state index contributed by atoms with van der Waals surface area (Å²) in [6.45, 7) is 7.82. The van der Waals surface area contributed by atoms with Gasteiger partial charge in [-0.2, -0.15) is 0 Å². The van der Waals surface area contributed by atoms with Crippen LogP contribution in [-0.4, -0.2) is 23.6 Å². The van der Waals surface area contributed by atoms with Crippen LogP contribution in [0.25, 0.3) is 0 Å². The van der Waals surface area contributed by atoms with Crippen LogP contribution < -0.4 is 9.80 Å².